The Labute approximate surface area is 143 Å². The van der Waals surface area contributed by atoms with Gasteiger partial charge in [0.05, 0.1) is 7.11 Å². The summed E-state index contributed by atoms with van der Waals surface area (Å²) in [4.78, 5) is 15.5. The number of carbonyl (C=O) groups is 1. The Kier molecular flexibility index (Phi) is 2.92. The van der Waals surface area contributed by atoms with Gasteiger partial charge in [-0.2, -0.15) is 0 Å². The molecule has 2 bridgehead atoms. The van der Waals surface area contributed by atoms with Gasteiger partial charge in [0.25, 0.3) is 0 Å². The first-order valence-corrected chi connectivity index (χ1v) is 9.21. The molecule has 4 nitrogen and oxygen atoms in total. The van der Waals surface area contributed by atoms with Gasteiger partial charge in [0.2, 0.25) is 0 Å². The van der Waals surface area contributed by atoms with Gasteiger partial charge in [-0.1, -0.05) is 19.4 Å². The summed E-state index contributed by atoms with van der Waals surface area (Å²) in [5, 5.41) is 0. The maximum atomic E-state index is 13.0. The van der Waals surface area contributed by atoms with Crippen molar-refractivity contribution in [3.05, 3.63) is 23.3 Å². The molecule has 1 aromatic rings. The number of Topliss-reactive ketones (excluding diaryl/α,β-unsaturated/α-hetero) is 1. The summed E-state index contributed by atoms with van der Waals surface area (Å²) in [6, 6.07) is 4.74. The molecule has 128 valence electrons. The molecule has 5 atom stereocenters. The third-order valence-corrected chi connectivity index (χ3v) is 7.27. The van der Waals surface area contributed by atoms with Crippen LogP contribution in [0.1, 0.15) is 37.3 Å². The van der Waals surface area contributed by atoms with Gasteiger partial charge < -0.3 is 14.4 Å². The van der Waals surface area contributed by atoms with Crippen molar-refractivity contribution in [2.75, 3.05) is 20.7 Å². The van der Waals surface area contributed by atoms with Crippen molar-refractivity contribution in [3.63, 3.8) is 0 Å². The third kappa shape index (κ3) is 1.52. The Morgan fingerprint density at radius 2 is 2.21 bits per heavy atom. The molecule has 0 aromatic heterocycles. The fourth-order valence-corrected chi connectivity index (χ4v) is 6.31. The van der Waals surface area contributed by atoms with E-state index in [4.69, 9.17) is 9.47 Å². The Bertz CT molecular complexity index is 730. The Morgan fingerprint density at radius 1 is 1.38 bits per heavy atom. The van der Waals surface area contributed by atoms with Crippen LogP contribution < -0.4 is 9.47 Å². The van der Waals surface area contributed by atoms with Crippen LogP contribution in [0.25, 0.3) is 0 Å². The predicted octanol–water partition coefficient (Wildman–Crippen LogP) is 2.57. The minimum atomic E-state index is -0.299. The molecular weight excluding hydrogens is 302 g/mol. The Balaban J connectivity index is 1.81. The van der Waals surface area contributed by atoms with Gasteiger partial charge in [0.1, 0.15) is 0 Å². The highest BCUT2D eigenvalue weighted by molar-refractivity contribution is 5.89. The van der Waals surface area contributed by atoms with Crippen molar-refractivity contribution in [1.82, 2.24) is 4.90 Å². The molecule has 0 radical (unpaired) electrons. The summed E-state index contributed by atoms with van der Waals surface area (Å²) in [5.74, 6) is 2.93. The van der Waals surface area contributed by atoms with E-state index in [9.17, 15) is 4.79 Å². The van der Waals surface area contributed by atoms with Crippen LogP contribution in [0, 0.1) is 11.8 Å². The van der Waals surface area contributed by atoms with Gasteiger partial charge in [-0.25, -0.2) is 0 Å². The SMILES string of the molecule is CC[C@@H]1CC(=O)[C@@H]2Oc3c(OC)ccc4c3[C@@]23CCN(C)[C@H](C4)[C@H]13. The summed E-state index contributed by atoms with van der Waals surface area (Å²) in [7, 11) is 3.94. The van der Waals surface area contributed by atoms with E-state index in [1.807, 2.05) is 6.07 Å². The molecule has 1 saturated heterocycles. The minimum absolute atomic E-state index is 0.120. The number of piperidine rings is 1. The fraction of sp³-hybridized carbons (Fsp3) is 0.650. The van der Waals surface area contributed by atoms with Crippen molar-refractivity contribution in [2.24, 2.45) is 11.8 Å². The highest BCUT2D eigenvalue weighted by atomic mass is 16.5. The lowest BCUT2D eigenvalue weighted by Crippen LogP contribution is -2.67. The van der Waals surface area contributed by atoms with Crippen LogP contribution in [0.5, 0.6) is 11.5 Å². The van der Waals surface area contributed by atoms with Gasteiger partial charge >= 0.3 is 0 Å². The lowest BCUT2D eigenvalue weighted by atomic mass is 9.48. The molecule has 4 heteroatoms. The van der Waals surface area contributed by atoms with E-state index in [-0.39, 0.29) is 11.5 Å². The standard InChI is InChI=1S/C20H25NO3/c1-4-11-10-14(22)19-20-7-8-21(2)13(16(11)20)9-12-5-6-15(23-3)18(24-19)17(12)20/h5-6,11,13,16,19H,4,7-10H2,1-3H3/t11-,13-,16+,19+,20+/m1/s1. The highest BCUT2D eigenvalue weighted by Crippen LogP contribution is 2.64. The number of carbonyl (C=O) groups excluding carboxylic acids is 1. The quantitative estimate of drug-likeness (QED) is 0.837. The fourth-order valence-electron chi connectivity index (χ4n) is 6.31. The molecule has 0 N–H and O–H groups in total. The molecule has 24 heavy (non-hydrogen) atoms. The molecule has 2 fully saturated rings. The number of hydrogen-bond acceptors (Lipinski definition) is 4. The van der Waals surface area contributed by atoms with Crippen LogP contribution in [0.15, 0.2) is 12.1 Å². The smallest absolute Gasteiger partial charge is 0.174 e. The summed E-state index contributed by atoms with van der Waals surface area (Å²) in [6.45, 7) is 3.28. The van der Waals surface area contributed by atoms with Gasteiger partial charge in [-0.15, -0.1) is 0 Å². The van der Waals surface area contributed by atoms with E-state index in [0.29, 0.717) is 30.1 Å². The summed E-state index contributed by atoms with van der Waals surface area (Å²) < 4.78 is 11.9. The van der Waals surface area contributed by atoms with Crippen LogP contribution in [-0.2, 0) is 16.6 Å². The van der Waals surface area contributed by atoms with Crippen molar-refractivity contribution < 1.29 is 14.3 Å². The first kappa shape index (κ1) is 14.8. The number of likely N-dealkylation sites (tertiary alicyclic amines) is 1. The van der Waals surface area contributed by atoms with Crippen LogP contribution in [0.2, 0.25) is 0 Å². The van der Waals surface area contributed by atoms with Gasteiger partial charge in [-0.3, -0.25) is 4.79 Å². The van der Waals surface area contributed by atoms with Crippen LogP contribution in [0.3, 0.4) is 0 Å². The van der Waals surface area contributed by atoms with Gasteiger partial charge in [-0.05, 0) is 49.9 Å². The molecule has 5 rings (SSSR count). The molecule has 0 unspecified atom stereocenters. The number of hydrogen-bond donors (Lipinski definition) is 0. The van der Waals surface area contributed by atoms with Crippen LogP contribution >= 0.6 is 0 Å². The second kappa shape index (κ2) is 4.75. The molecule has 2 aliphatic carbocycles. The summed E-state index contributed by atoms with van der Waals surface area (Å²) in [6.07, 6.45) is 3.53. The maximum Gasteiger partial charge on any atom is 0.174 e. The van der Waals surface area contributed by atoms with E-state index in [1.54, 1.807) is 7.11 Å². The van der Waals surface area contributed by atoms with E-state index in [2.05, 4.69) is 24.9 Å². The molecule has 0 amide bonds. The monoisotopic (exact) mass is 327 g/mol. The molecule has 2 heterocycles. The average molecular weight is 327 g/mol. The highest BCUT2D eigenvalue weighted by Gasteiger charge is 2.67. The zero-order chi connectivity index (χ0) is 16.6. The third-order valence-electron chi connectivity index (χ3n) is 7.27. The van der Waals surface area contributed by atoms with Crippen molar-refractivity contribution in [1.29, 1.82) is 0 Å². The van der Waals surface area contributed by atoms with E-state index in [0.717, 1.165) is 37.3 Å². The predicted molar refractivity (Wildman–Crippen MR) is 90.7 cm³/mol. The van der Waals surface area contributed by atoms with Gasteiger partial charge in [0.15, 0.2) is 23.4 Å². The number of nitrogens with zero attached hydrogens (tertiary/aromatic N) is 1. The Hall–Kier alpha value is -1.55. The second-order valence-electron chi connectivity index (χ2n) is 8.04. The molecule has 2 aliphatic heterocycles. The van der Waals surface area contributed by atoms with E-state index >= 15 is 0 Å². The number of likely N-dealkylation sites (N-methyl/N-ethyl adjacent to an activating group) is 1. The normalized spacial score (nSPS) is 39.4. The average Bonchev–Trinajstić information content (AvgIpc) is 2.94. The number of benzene rings is 1. The van der Waals surface area contributed by atoms with Crippen LogP contribution in [-0.4, -0.2) is 43.5 Å². The largest absolute Gasteiger partial charge is 0.493 e. The van der Waals surface area contributed by atoms with E-state index < -0.39 is 0 Å². The van der Waals surface area contributed by atoms with Crippen molar-refractivity contribution in [3.8, 4) is 11.5 Å². The zero-order valence-corrected chi connectivity index (χ0v) is 14.7. The topological polar surface area (TPSA) is 38.8 Å². The van der Waals surface area contributed by atoms with Crippen molar-refractivity contribution in [2.45, 2.75) is 50.2 Å². The summed E-state index contributed by atoms with van der Waals surface area (Å²) >= 11 is 0. The minimum Gasteiger partial charge on any atom is -0.493 e. The second-order valence-corrected chi connectivity index (χ2v) is 8.04. The lowest BCUT2D eigenvalue weighted by Gasteiger charge is -2.59. The lowest BCUT2D eigenvalue weighted by molar-refractivity contribution is -0.144. The molecule has 1 saturated carbocycles. The van der Waals surface area contributed by atoms with Gasteiger partial charge in [0, 0.05) is 23.4 Å². The van der Waals surface area contributed by atoms with E-state index in [1.165, 1.54) is 11.1 Å². The number of ketones is 1. The molecule has 1 spiro atoms. The van der Waals surface area contributed by atoms with Crippen molar-refractivity contribution >= 4 is 5.78 Å². The Morgan fingerprint density at radius 3 is 2.96 bits per heavy atom. The number of methoxy groups -OCH3 is 1. The first-order chi connectivity index (χ1) is 11.6. The number of ether oxygens (including phenoxy) is 2. The molecular formula is C20H25NO3. The molecule has 4 aliphatic rings. The summed E-state index contributed by atoms with van der Waals surface area (Å²) in [5.41, 5.74) is 2.56. The maximum absolute atomic E-state index is 13.0. The van der Waals surface area contributed by atoms with Crippen LogP contribution in [0.4, 0.5) is 0 Å². The zero-order valence-electron chi connectivity index (χ0n) is 14.7. The first-order valence-electron chi connectivity index (χ1n) is 9.21. The molecule has 1 aromatic carbocycles. The number of rotatable bonds is 2.